The lowest BCUT2D eigenvalue weighted by molar-refractivity contribution is 0.263. The predicted molar refractivity (Wildman–Crippen MR) is 81.0 cm³/mol. The van der Waals surface area contributed by atoms with Crippen LogP contribution >= 0.6 is 0 Å². The lowest BCUT2D eigenvalue weighted by Crippen LogP contribution is -2.34. The van der Waals surface area contributed by atoms with E-state index in [1.807, 2.05) is 19.1 Å². The van der Waals surface area contributed by atoms with Gasteiger partial charge in [0.2, 0.25) is 10.0 Å². The monoisotopic (exact) mass is 296 g/mol. The fraction of sp³-hybridized carbons (Fsp3) is 0.600. The summed E-state index contributed by atoms with van der Waals surface area (Å²) in [6.45, 7) is 4.25. The number of nitrogens with zero attached hydrogens (tertiary/aromatic N) is 1. The molecule has 1 aliphatic carbocycles. The fourth-order valence-electron chi connectivity index (χ4n) is 2.40. The van der Waals surface area contributed by atoms with Crippen molar-refractivity contribution in [3.63, 3.8) is 0 Å². The first-order valence-corrected chi connectivity index (χ1v) is 8.74. The number of hydrogen-bond acceptors (Lipinski definition) is 3. The van der Waals surface area contributed by atoms with E-state index in [4.69, 9.17) is 0 Å². The van der Waals surface area contributed by atoms with Crippen molar-refractivity contribution in [2.45, 2.75) is 37.6 Å². The van der Waals surface area contributed by atoms with Crippen LogP contribution in [0.2, 0.25) is 0 Å². The van der Waals surface area contributed by atoms with E-state index in [0.29, 0.717) is 23.9 Å². The van der Waals surface area contributed by atoms with Crippen molar-refractivity contribution < 1.29 is 8.42 Å². The molecule has 1 aromatic rings. The molecule has 20 heavy (non-hydrogen) atoms. The Kier molecular flexibility index (Phi) is 5.18. The smallest absolute Gasteiger partial charge is 0.242 e. The number of benzene rings is 1. The highest BCUT2D eigenvalue weighted by molar-refractivity contribution is 7.89. The van der Waals surface area contributed by atoms with Gasteiger partial charge in [0.15, 0.2) is 0 Å². The Morgan fingerprint density at radius 1 is 1.35 bits per heavy atom. The number of hydrogen-bond donors (Lipinski definition) is 1. The van der Waals surface area contributed by atoms with E-state index in [-0.39, 0.29) is 0 Å². The summed E-state index contributed by atoms with van der Waals surface area (Å²) < 4.78 is 26.6. The maximum Gasteiger partial charge on any atom is 0.242 e. The second kappa shape index (κ2) is 6.70. The molecule has 0 saturated heterocycles. The maximum atomic E-state index is 12.5. The van der Waals surface area contributed by atoms with Crippen LogP contribution in [0.1, 0.15) is 31.7 Å². The van der Waals surface area contributed by atoms with Crippen LogP contribution in [0, 0.1) is 5.92 Å². The average molecular weight is 296 g/mol. The van der Waals surface area contributed by atoms with Crippen LogP contribution in [0.5, 0.6) is 0 Å². The average Bonchev–Trinajstić information content (AvgIpc) is 2.40. The highest BCUT2D eigenvalue weighted by atomic mass is 32.2. The van der Waals surface area contributed by atoms with Gasteiger partial charge in [-0.1, -0.05) is 25.5 Å². The van der Waals surface area contributed by atoms with Gasteiger partial charge in [0.05, 0.1) is 4.90 Å². The summed E-state index contributed by atoms with van der Waals surface area (Å²) in [4.78, 5) is 0.398. The largest absolute Gasteiger partial charge is 0.313 e. The molecule has 0 radical (unpaired) electrons. The minimum Gasteiger partial charge on any atom is -0.313 e. The third-order valence-corrected chi connectivity index (χ3v) is 5.75. The molecule has 0 aromatic heterocycles. The van der Waals surface area contributed by atoms with Crippen LogP contribution < -0.4 is 5.32 Å². The van der Waals surface area contributed by atoms with Crippen LogP contribution in [0.4, 0.5) is 0 Å². The highest BCUT2D eigenvalue weighted by Crippen LogP contribution is 2.28. The predicted octanol–water partition coefficient (Wildman–Crippen LogP) is 2.22. The number of rotatable bonds is 7. The molecule has 0 unspecified atom stereocenters. The first kappa shape index (κ1) is 15.5. The summed E-state index contributed by atoms with van der Waals surface area (Å²) in [5.74, 6) is 0.541. The summed E-state index contributed by atoms with van der Waals surface area (Å²) >= 11 is 0. The van der Waals surface area contributed by atoms with Crippen molar-refractivity contribution in [1.82, 2.24) is 9.62 Å². The second-order valence-corrected chi connectivity index (χ2v) is 7.56. The molecule has 0 spiro atoms. The second-order valence-electron chi connectivity index (χ2n) is 5.51. The van der Waals surface area contributed by atoms with Gasteiger partial charge in [0.1, 0.15) is 0 Å². The van der Waals surface area contributed by atoms with Crippen molar-refractivity contribution in [3.05, 3.63) is 29.8 Å². The number of sulfonamides is 1. The van der Waals surface area contributed by atoms with Crippen LogP contribution in [0.15, 0.2) is 29.2 Å². The Bertz CT molecular complexity index is 539. The summed E-state index contributed by atoms with van der Waals surface area (Å²) in [6.07, 6.45) is 3.54. The van der Waals surface area contributed by atoms with Gasteiger partial charge in [-0.05, 0) is 43.0 Å². The van der Waals surface area contributed by atoms with Crippen molar-refractivity contribution in [2.24, 2.45) is 5.92 Å². The molecule has 4 nitrogen and oxygen atoms in total. The topological polar surface area (TPSA) is 49.4 Å². The standard InChI is InChI=1S/C15H24N2O2S/c1-3-16-11-14-8-5-9-15(10-14)20(18,19)17(2)12-13-6-4-7-13/h5,8-10,13,16H,3-4,6-7,11-12H2,1-2H3. The number of nitrogens with one attached hydrogen (secondary N) is 1. The molecule has 5 heteroatoms. The van der Waals surface area contributed by atoms with Gasteiger partial charge in [0.25, 0.3) is 0 Å². The summed E-state index contributed by atoms with van der Waals surface area (Å²) in [5.41, 5.74) is 1.00. The first-order chi connectivity index (χ1) is 9.54. The minimum atomic E-state index is -3.35. The molecule has 0 atom stereocenters. The molecule has 0 aliphatic heterocycles. The first-order valence-electron chi connectivity index (χ1n) is 7.30. The van der Waals surface area contributed by atoms with Crippen LogP contribution in [0.3, 0.4) is 0 Å². The van der Waals surface area contributed by atoms with Gasteiger partial charge in [0, 0.05) is 20.1 Å². The molecule has 0 bridgehead atoms. The van der Waals surface area contributed by atoms with E-state index in [0.717, 1.165) is 24.9 Å². The van der Waals surface area contributed by atoms with Gasteiger partial charge in [-0.2, -0.15) is 0 Å². The van der Waals surface area contributed by atoms with E-state index in [1.54, 1.807) is 19.2 Å². The van der Waals surface area contributed by atoms with E-state index in [9.17, 15) is 8.42 Å². The SMILES string of the molecule is CCNCc1cccc(S(=O)(=O)N(C)CC2CCC2)c1. The Morgan fingerprint density at radius 2 is 2.10 bits per heavy atom. The molecular weight excluding hydrogens is 272 g/mol. The summed E-state index contributed by atoms with van der Waals surface area (Å²) in [6, 6.07) is 7.22. The zero-order chi connectivity index (χ0) is 14.6. The Labute approximate surface area is 122 Å². The molecule has 1 saturated carbocycles. The molecule has 1 fully saturated rings. The summed E-state index contributed by atoms with van der Waals surface area (Å²) in [5, 5.41) is 3.21. The zero-order valence-corrected chi connectivity index (χ0v) is 13.1. The van der Waals surface area contributed by atoms with Gasteiger partial charge in [-0.15, -0.1) is 0 Å². The van der Waals surface area contributed by atoms with E-state index in [2.05, 4.69) is 5.32 Å². The van der Waals surface area contributed by atoms with Crippen molar-refractivity contribution in [1.29, 1.82) is 0 Å². The maximum absolute atomic E-state index is 12.5. The van der Waals surface area contributed by atoms with Gasteiger partial charge >= 0.3 is 0 Å². The molecule has 1 N–H and O–H groups in total. The van der Waals surface area contributed by atoms with E-state index in [1.165, 1.54) is 10.7 Å². The molecule has 0 heterocycles. The third-order valence-electron chi connectivity index (χ3n) is 3.93. The lowest BCUT2D eigenvalue weighted by Gasteiger charge is -2.29. The van der Waals surface area contributed by atoms with Gasteiger partial charge in [-0.25, -0.2) is 12.7 Å². The highest BCUT2D eigenvalue weighted by Gasteiger charge is 2.26. The molecule has 112 valence electrons. The Hall–Kier alpha value is -0.910. The van der Waals surface area contributed by atoms with Crippen molar-refractivity contribution in [3.8, 4) is 0 Å². The quantitative estimate of drug-likeness (QED) is 0.839. The Balaban J connectivity index is 2.11. The molecule has 2 rings (SSSR count). The van der Waals surface area contributed by atoms with Crippen molar-refractivity contribution in [2.75, 3.05) is 20.1 Å². The summed E-state index contributed by atoms with van der Waals surface area (Å²) in [7, 11) is -1.67. The molecule has 0 amide bonds. The van der Waals surface area contributed by atoms with E-state index < -0.39 is 10.0 Å². The third kappa shape index (κ3) is 3.59. The van der Waals surface area contributed by atoms with Gasteiger partial charge in [-0.3, -0.25) is 0 Å². The minimum absolute atomic E-state index is 0.398. The lowest BCUT2D eigenvalue weighted by atomic mass is 9.86. The van der Waals surface area contributed by atoms with E-state index >= 15 is 0 Å². The zero-order valence-electron chi connectivity index (χ0n) is 12.3. The normalized spacial score (nSPS) is 16.4. The van der Waals surface area contributed by atoms with Crippen LogP contribution in [0.25, 0.3) is 0 Å². The molecule has 1 aliphatic rings. The Morgan fingerprint density at radius 3 is 2.70 bits per heavy atom. The molecule has 1 aromatic carbocycles. The molecular formula is C15H24N2O2S. The van der Waals surface area contributed by atoms with Crippen LogP contribution in [-0.4, -0.2) is 32.9 Å². The van der Waals surface area contributed by atoms with Crippen molar-refractivity contribution >= 4 is 10.0 Å². The fourth-order valence-corrected chi connectivity index (χ4v) is 3.72. The van der Waals surface area contributed by atoms with Crippen LogP contribution in [-0.2, 0) is 16.6 Å². The van der Waals surface area contributed by atoms with Gasteiger partial charge < -0.3 is 5.32 Å².